The molecule has 1 atom stereocenters. The van der Waals surface area contributed by atoms with Crippen molar-refractivity contribution in [2.24, 2.45) is 0 Å². The zero-order valence-electron chi connectivity index (χ0n) is 9.97. The lowest BCUT2D eigenvalue weighted by Crippen LogP contribution is -2.33. The van der Waals surface area contributed by atoms with Crippen molar-refractivity contribution in [1.82, 2.24) is 4.98 Å². The summed E-state index contributed by atoms with van der Waals surface area (Å²) in [5, 5.41) is 8.84. The van der Waals surface area contributed by atoms with Crippen LogP contribution in [-0.2, 0) is 0 Å². The molecule has 0 aliphatic heterocycles. The highest BCUT2D eigenvalue weighted by Crippen LogP contribution is 2.17. The van der Waals surface area contributed by atoms with Gasteiger partial charge in [0.1, 0.15) is 5.82 Å². The van der Waals surface area contributed by atoms with Gasteiger partial charge in [0, 0.05) is 25.0 Å². The van der Waals surface area contributed by atoms with Crippen molar-refractivity contribution >= 4 is 17.6 Å². The summed E-state index contributed by atoms with van der Waals surface area (Å²) in [5.74, 6) is 1.95. The van der Waals surface area contributed by atoms with E-state index < -0.39 is 0 Å². The molecule has 0 N–H and O–H groups in total. The largest absolute Gasteiger partial charge is 0.356 e. The number of thioether (sulfide) groups is 1. The monoisotopic (exact) mass is 235 g/mol. The summed E-state index contributed by atoms with van der Waals surface area (Å²) in [6.45, 7) is 2.17. The van der Waals surface area contributed by atoms with Crippen LogP contribution in [0.5, 0.6) is 0 Å². The second-order valence-electron chi connectivity index (χ2n) is 3.64. The van der Waals surface area contributed by atoms with Crippen LogP contribution in [0.25, 0.3) is 0 Å². The number of rotatable bonds is 5. The summed E-state index contributed by atoms with van der Waals surface area (Å²) < 4.78 is 0. The maximum absolute atomic E-state index is 8.84. The van der Waals surface area contributed by atoms with Crippen LogP contribution in [0.3, 0.4) is 0 Å². The predicted molar refractivity (Wildman–Crippen MR) is 69.8 cm³/mol. The number of aromatic nitrogens is 1. The van der Waals surface area contributed by atoms with E-state index in [2.05, 4.69) is 29.1 Å². The Balaban J connectivity index is 2.85. The maximum Gasteiger partial charge on any atom is 0.129 e. The molecule has 0 spiro atoms. The highest BCUT2D eigenvalue weighted by molar-refractivity contribution is 7.98. The summed E-state index contributed by atoms with van der Waals surface area (Å²) in [7, 11) is 2.04. The van der Waals surface area contributed by atoms with Crippen molar-refractivity contribution in [3.63, 3.8) is 0 Å². The molecule has 4 heteroatoms. The van der Waals surface area contributed by atoms with Gasteiger partial charge in [0.15, 0.2) is 0 Å². The van der Waals surface area contributed by atoms with E-state index >= 15 is 0 Å². The van der Waals surface area contributed by atoms with Gasteiger partial charge in [-0.2, -0.15) is 17.0 Å². The normalized spacial score (nSPS) is 11.9. The molecule has 1 heterocycles. The Morgan fingerprint density at radius 3 is 2.94 bits per heavy atom. The molecule has 0 aliphatic rings. The lowest BCUT2D eigenvalue weighted by molar-refractivity contribution is 0.666. The predicted octanol–water partition coefficient (Wildman–Crippen LogP) is 2.53. The first-order valence-electron chi connectivity index (χ1n) is 5.30. The molecule has 0 radical (unpaired) electrons. The fraction of sp³-hybridized carbons (Fsp3) is 0.500. The van der Waals surface area contributed by atoms with Crippen LogP contribution in [0, 0.1) is 11.3 Å². The van der Waals surface area contributed by atoms with Gasteiger partial charge in [-0.1, -0.05) is 6.92 Å². The first kappa shape index (κ1) is 12.9. The van der Waals surface area contributed by atoms with Crippen molar-refractivity contribution in [2.45, 2.75) is 19.4 Å². The van der Waals surface area contributed by atoms with Crippen LogP contribution in [-0.4, -0.2) is 30.1 Å². The molecule has 0 aliphatic carbocycles. The second kappa shape index (κ2) is 6.39. The first-order valence-corrected chi connectivity index (χ1v) is 6.70. The minimum Gasteiger partial charge on any atom is -0.356 e. The third kappa shape index (κ3) is 3.14. The van der Waals surface area contributed by atoms with Gasteiger partial charge >= 0.3 is 0 Å². The summed E-state index contributed by atoms with van der Waals surface area (Å²) in [5.41, 5.74) is 0.663. The zero-order chi connectivity index (χ0) is 12.0. The fourth-order valence-corrected chi connectivity index (χ4v) is 2.41. The Hall–Kier alpha value is -1.21. The number of anilines is 1. The van der Waals surface area contributed by atoms with E-state index in [-0.39, 0.29) is 0 Å². The van der Waals surface area contributed by atoms with Crippen molar-refractivity contribution in [2.75, 3.05) is 24.0 Å². The van der Waals surface area contributed by atoms with E-state index in [4.69, 9.17) is 5.26 Å². The molecule has 86 valence electrons. The van der Waals surface area contributed by atoms with Crippen molar-refractivity contribution in [1.29, 1.82) is 5.26 Å². The number of hydrogen-bond acceptors (Lipinski definition) is 4. The van der Waals surface area contributed by atoms with E-state index in [9.17, 15) is 0 Å². The van der Waals surface area contributed by atoms with Gasteiger partial charge in [0.05, 0.1) is 11.6 Å². The molecule has 16 heavy (non-hydrogen) atoms. The molecule has 0 fully saturated rings. The zero-order valence-corrected chi connectivity index (χ0v) is 10.8. The van der Waals surface area contributed by atoms with Crippen LogP contribution in [0.15, 0.2) is 18.3 Å². The highest BCUT2D eigenvalue weighted by Gasteiger charge is 2.13. The van der Waals surface area contributed by atoms with E-state index in [0.29, 0.717) is 11.6 Å². The smallest absolute Gasteiger partial charge is 0.129 e. The van der Waals surface area contributed by atoms with Crippen LogP contribution in [0.2, 0.25) is 0 Å². The topological polar surface area (TPSA) is 39.9 Å². The van der Waals surface area contributed by atoms with Crippen LogP contribution in [0.4, 0.5) is 5.82 Å². The van der Waals surface area contributed by atoms with Gasteiger partial charge in [-0.3, -0.25) is 0 Å². The van der Waals surface area contributed by atoms with E-state index in [1.807, 2.05) is 24.9 Å². The lowest BCUT2D eigenvalue weighted by atomic mass is 10.2. The van der Waals surface area contributed by atoms with Gasteiger partial charge in [-0.25, -0.2) is 4.98 Å². The van der Waals surface area contributed by atoms with Gasteiger partial charge in [0.25, 0.3) is 0 Å². The minimum atomic E-state index is 0.469. The highest BCUT2D eigenvalue weighted by atomic mass is 32.2. The standard InChI is InChI=1S/C12H17N3S/c1-4-11(9-16-3)15(2)12-7-10(8-13)5-6-14-12/h5-7,11H,4,9H2,1-3H3. The molecule has 0 bridgehead atoms. The summed E-state index contributed by atoms with van der Waals surface area (Å²) in [4.78, 5) is 6.45. The quantitative estimate of drug-likeness (QED) is 0.786. The molecule has 1 rings (SSSR count). The average Bonchev–Trinajstić information content (AvgIpc) is 2.35. The van der Waals surface area contributed by atoms with E-state index in [1.54, 1.807) is 12.3 Å². The Morgan fingerprint density at radius 2 is 2.38 bits per heavy atom. The third-order valence-corrected chi connectivity index (χ3v) is 3.33. The number of hydrogen-bond donors (Lipinski definition) is 0. The number of pyridine rings is 1. The van der Waals surface area contributed by atoms with Gasteiger partial charge in [0.2, 0.25) is 0 Å². The fourth-order valence-electron chi connectivity index (χ4n) is 1.56. The first-order chi connectivity index (χ1) is 7.72. The van der Waals surface area contributed by atoms with Crippen LogP contribution in [0.1, 0.15) is 18.9 Å². The average molecular weight is 235 g/mol. The SMILES string of the molecule is CCC(CSC)N(C)c1cc(C#N)ccn1. The Morgan fingerprint density at radius 1 is 1.62 bits per heavy atom. The number of nitrogens with zero attached hydrogens (tertiary/aromatic N) is 3. The molecule has 3 nitrogen and oxygen atoms in total. The summed E-state index contributed by atoms with van der Waals surface area (Å²) in [6, 6.07) is 6.17. The van der Waals surface area contributed by atoms with Gasteiger partial charge in [-0.05, 0) is 24.8 Å². The van der Waals surface area contributed by atoms with Crippen LogP contribution >= 0.6 is 11.8 Å². The molecule has 0 saturated carbocycles. The third-order valence-electron chi connectivity index (χ3n) is 2.61. The van der Waals surface area contributed by atoms with E-state index in [1.165, 1.54) is 0 Å². The Bertz CT molecular complexity index is 373. The number of nitriles is 1. The molecule has 0 aromatic carbocycles. The minimum absolute atomic E-state index is 0.469. The molecule has 1 unspecified atom stereocenters. The van der Waals surface area contributed by atoms with Gasteiger partial charge < -0.3 is 4.90 Å². The molecular weight excluding hydrogens is 218 g/mol. The Kier molecular flexibility index (Phi) is 5.13. The van der Waals surface area contributed by atoms with E-state index in [0.717, 1.165) is 18.0 Å². The molecular formula is C12H17N3S. The Labute approximate surface area is 101 Å². The van der Waals surface area contributed by atoms with Crippen molar-refractivity contribution in [3.8, 4) is 6.07 Å². The van der Waals surface area contributed by atoms with Gasteiger partial charge in [-0.15, -0.1) is 0 Å². The molecule has 0 saturated heterocycles. The lowest BCUT2D eigenvalue weighted by Gasteiger charge is -2.27. The van der Waals surface area contributed by atoms with Crippen molar-refractivity contribution < 1.29 is 0 Å². The molecule has 1 aromatic rings. The second-order valence-corrected chi connectivity index (χ2v) is 4.55. The van der Waals surface area contributed by atoms with Crippen LogP contribution < -0.4 is 4.90 Å². The summed E-state index contributed by atoms with van der Waals surface area (Å²) in [6.07, 6.45) is 4.88. The van der Waals surface area contributed by atoms with Crippen molar-refractivity contribution in [3.05, 3.63) is 23.9 Å². The maximum atomic E-state index is 8.84. The molecule has 0 amide bonds. The molecule has 1 aromatic heterocycles. The summed E-state index contributed by atoms with van der Waals surface area (Å²) >= 11 is 1.83.